The van der Waals surface area contributed by atoms with Gasteiger partial charge in [0.1, 0.15) is 0 Å². The Morgan fingerprint density at radius 3 is 2.81 bits per heavy atom. The fourth-order valence-corrected chi connectivity index (χ4v) is 2.38. The molecule has 0 radical (unpaired) electrons. The standard InChI is InChI=1S/C16H20N4.HI/c1-11-9-14(11)20-16(17-2)19-10-13-6-3-5-12-7-4-8-18-15(12)13;/h3-8,11,14H,9-10H2,1-2H3,(H2,17,19,20);1H. The number of guanidine groups is 1. The van der Waals surface area contributed by atoms with Gasteiger partial charge in [0.05, 0.1) is 5.52 Å². The summed E-state index contributed by atoms with van der Waals surface area (Å²) in [4.78, 5) is 8.74. The zero-order valence-electron chi connectivity index (χ0n) is 12.3. The van der Waals surface area contributed by atoms with E-state index in [0.717, 1.165) is 23.9 Å². The van der Waals surface area contributed by atoms with Crippen molar-refractivity contribution in [2.45, 2.75) is 25.9 Å². The molecule has 21 heavy (non-hydrogen) atoms. The summed E-state index contributed by atoms with van der Waals surface area (Å²) in [5, 5.41) is 7.97. The first-order chi connectivity index (χ1) is 9.78. The first-order valence-corrected chi connectivity index (χ1v) is 7.07. The molecule has 1 fully saturated rings. The normalized spacial score (nSPS) is 20.8. The van der Waals surface area contributed by atoms with Crippen molar-refractivity contribution in [3.8, 4) is 0 Å². The van der Waals surface area contributed by atoms with Crippen LogP contribution in [0.25, 0.3) is 10.9 Å². The molecule has 3 rings (SSSR count). The molecule has 1 aliphatic rings. The average molecular weight is 396 g/mol. The molecule has 2 unspecified atom stereocenters. The minimum Gasteiger partial charge on any atom is -0.353 e. The fourth-order valence-electron chi connectivity index (χ4n) is 2.38. The summed E-state index contributed by atoms with van der Waals surface area (Å²) in [5.74, 6) is 1.63. The third kappa shape index (κ3) is 3.84. The van der Waals surface area contributed by atoms with Crippen molar-refractivity contribution < 1.29 is 0 Å². The van der Waals surface area contributed by atoms with Gasteiger partial charge in [-0.05, 0) is 24.0 Å². The highest BCUT2D eigenvalue weighted by atomic mass is 127. The van der Waals surface area contributed by atoms with Crippen LogP contribution in [0.1, 0.15) is 18.9 Å². The molecule has 112 valence electrons. The Hall–Kier alpha value is -1.37. The summed E-state index contributed by atoms with van der Waals surface area (Å²) in [6.07, 6.45) is 3.07. The number of hydrogen-bond acceptors (Lipinski definition) is 2. The lowest BCUT2D eigenvalue weighted by atomic mass is 10.1. The third-order valence-corrected chi connectivity index (χ3v) is 3.82. The number of nitrogens with one attached hydrogen (secondary N) is 2. The van der Waals surface area contributed by atoms with Crippen LogP contribution in [0.2, 0.25) is 0 Å². The van der Waals surface area contributed by atoms with Gasteiger partial charge in [-0.25, -0.2) is 0 Å². The van der Waals surface area contributed by atoms with Crippen LogP contribution in [-0.4, -0.2) is 24.0 Å². The Bertz CT molecular complexity index is 636. The molecular weight excluding hydrogens is 375 g/mol. The third-order valence-electron chi connectivity index (χ3n) is 3.82. The van der Waals surface area contributed by atoms with Crippen LogP contribution in [0.3, 0.4) is 0 Å². The van der Waals surface area contributed by atoms with Gasteiger partial charge in [0.2, 0.25) is 0 Å². The molecule has 1 heterocycles. The number of nitrogens with zero attached hydrogens (tertiary/aromatic N) is 2. The molecule has 1 aliphatic carbocycles. The molecule has 5 heteroatoms. The second-order valence-corrected chi connectivity index (χ2v) is 5.38. The number of benzene rings is 1. The number of para-hydroxylation sites is 1. The van der Waals surface area contributed by atoms with Crippen LogP contribution in [-0.2, 0) is 6.54 Å². The molecule has 1 aromatic heterocycles. The minimum atomic E-state index is 0. The summed E-state index contributed by atoms with van der Waals surface area (Å²) >= 11 is 0. The van der Waals surface area contributed by atoms with Crippen LogP contribution in [0.15, 0.2) is 41.5 Å². The fraction of sp³-hybridized carbons (Fsp3) is 0.375. The quantitative estimate of drug-likeness (QED) is 0.477. The van der Waals surface area contributed by atoms with E-state index in [1.54, 1.807) is 0 Å². The smallest absolute Gasteiger partial charge is 0.191 e. The van der Waals surface area contributed by atoms with Crippen LogP contribution in [0.4, 0.5) is 0 Å². The second kappa shape index (κ2) is 7.06. The number of aromatic nitrogens is 1. The topological polar surface area (TPSA) is 49.3 Å². The molecule has 0 saturated heterocycles. The van der Waals surface area contributed by atoms with E-state index in [-0.39, 0.29) is 24.0 Å². The van der Waals surface area contributed by atoms with Crippen LogP contribution in [0.5, 0.6) is 0 Å². The van der Waals surface area contributed by atoms with E-state index in [2.05, 4.69) is 51.8 Å². The largest absolute Gasteiger partial charge is 0.353 e. The van der Waals surface area contributed by atoms with Crippen molar-refractivity contribution in [1.29, 1.82) is 0 Å². The van der Waals surface area contributed by atoms with Gasteiger partial charge in [-0.2, -0.15) is 0 Å². The zero-order chi connectivity index (χ0) is 13.9. The van der Waals surface area contributed by atoms with Gasteiger partial charge in [-0.1, -0.05) is 31.2 Å². The maximum atomic E-state index is 4.47. The van der Waals surface area contributed by atoms with Crippen LogP contribution < -0.4 is 10.6 Å². The van der Waals surface area contributed by atoms with Gasteiger partial charge in [-0.3, -0.25) is 9.98 Å². The molecule has 0 spiro atoms. The Kier molecular flexibility index (Phi) is 5.39. The SMILES string of the molecule is CN=C(NCc1cccc2cccnc12)NC1CC1C.I. The lowest BCUT2D eigenvalue weighted by Gasteiger charge is -2.12. The molecule has 2 N–H and O–H groups in total. The van der Waals surface area contributed by atoms with E-state index < -0.39 is 0 Å². The maximum Gasteiger partial charge on any atom is 0.191 e. The van der Waals surface area contributed by atoms with Crippen molar-refractivity contribution in [2.24, 2.45) is 10.9 Å². The zero-order valence-corrected chi connectivity index (χ0v) is 14.7. The molecular formula is C16H21IN4. The highest BCUT2D eigenvalue weighted by Crippen LogP contribution is 2.28. The molecule has 0 aliphatic heterocycles. The summed E-state index contributed by atoms with van der Waals surface area (Å²) in [5.41, 5.74) is 2.24. The molecule has 1 aromatic carbocycles. The highest BCUT2D eigenvalue weighted by molar-refractivity contribution is 14.0. The summed E-state index contributed by atoms with van der Waals surface area (Å²) in [6, 6.07) is 10.9. The first-order valence-electron chi connectivity index (χ1n) is 7.07. The second-order valence-electron chi connectivity index (χ2n) is 5.38. The van der Waals surface area contributed by atoms with Gasteiger partial charge >= 0.3 is 0 Å². The van der Waals surface area contributed by atoms with Gasteiger partial charge in [0.25, 0.3) is 0 Å². The van der Waals surface area contributed by atoms with E-state index in [9.17, 15) is 0 Å². The molecule has 2 atom stereocenters. The number of halogens is 1. The maximum absolute atomic E-state index is 4.47. The van der Waals surface area contributed by atoms with E-state index in [0.29, 0.717) is 6.04 Å². The lowest BCUT2D eigenvalue weighted by Crippen LogP contribution is -2.38. The molecule has 0 bridgehead atoms. The van der Waals surface area contributed by atoms with Crippen molar-refractivity contribution in [3.05, 3.63) is 42.1 Å². The van der Waals surface area contributed by atoms with E-state index in [4.69, 9.17) is 0 Å². The Morgan fingerprint density at radius 2 is 2.10 bits per heavy atom. The van der Waals surface area contributed by atoms with E-state index in [1.807, 2.05) is 19.3 Å². The van der Waals surface area contributed by atoms with Crippen molar-refractivity contribution in [2.75, 3.05) is 7.05 Å². The van der Waals surface area contributed by atoms with Crippen molar-refractivity contribution in [1.82, 2.24) is 15.6 Å². The number of rotatable bonds is 3. The van der Waals surface area contributed by atoms with Gasteiger partial charge in [0, 0.05) is 31.2 Å². The minimum absolute atomic E-state index is 0. The van der Waals surface area contributed by atoms with E-state index >= 15 is 0 Å². The van der Waals surface area contributed by atoms with E-state index in [1.165, 1.54) is 17.4 Å². The summed E-state index contributed by atoms with van der Waals surface area (Å²) in [6.45, 7) is 2.98. The van der Waals surface area contributed by atoms with Crippen LogP contribution >= 0.6 is 24.0 Å². The predicted molar refractivity (Wildman–Crippen MR) is 98.1 cm³/mol. The number of fused-ring (bicyclic) bond motifs is 1. The predicted octanol–water partition coefficient (Wildman–Crippen LogP) is 2.93. The molecule has 0 amide bonds. The average Bonchev–Trinajstić information content (AvgIpc) is 3.18. The number of hydrogen-bond donors (Lipinski definition) is 2. The Morgan fingerprint density at radius 1 is 1.33 bits per heavy atom. The van der Waals surface area contributed by atoms with Crippen molar-refractivity contribution in [3.63, 3.8) is 0 Å². The molecule has 4 nitrogen and oxygen atoms in total. The van der Waals surface area contributed by atoms with Gasteiger partial charge in [-0.15, -0.1) is 24.0 Å². The Labute approximate surface area is 142 Å². The van der Waals surface area contributed by atoms with Gasteiger partial charge in [0.15, 0.2) is 5.96 Å². The Balaban J connectivity index is 0.00000161. The number of pyridine rings is 1. The summed E-state index contributed by atoms with van der Waals surface area (Å²) < 4.78 is 0. The monoisotopic (exact) mass is 396 g/mol. The van der Waals surface area contributed by atoms with Gasteiger partial charge < -0.3 is 10.6 Å². The highest BCUT2D eigenvalue weighted by Gasteiger charge is 2.33. The summed E-state index contributed by atoms with van der Waals surface area (Å²) in [7, 11) is 1.81. The molecule has 1 saturated carbocycles. The van der Waals surface area contributed by atoms with Crippen molar-refractivity contribution >= 4 is 40.8 Å². The lowest BCUT2D eigenvalue weighted by molar-refractivity contribution is 0.764. The number of aliphatic imine (C=N–C) groups is 1. The first kappa shape index (κ1) is 16.0. The van der Waals surface area contributed by atoms with Crippen LogP contribution in [0, 0.1) is 5.92 Å². The molecule has 2 aromatic rings.